The molecule has 14 heavy (non-hydrogen) atoms. The van der Waals surface area contributed by atoms with Crippen LogP contribution in [-0.2, 0) is 0 Å². The molecule has 0 spiro atoms. The molecule has 0 N–H and O–H groups in total. The molecule has 1 saturated carbocycles. The van der Waals surface area contributed by atoms with E-state index in [9.17, 15) is 5.26 Å². The Bertz CT molecular complexity index is 284. The predicted octanol–water partition coefficient (Wildman–Crippen LogP) is 3.53. The summed E-state index contributed by atoms with van der Waals surface area (Å²) in [4.78, 5) is 0. The van der Waals surface area contributed by atoms with Crippen molar-refractivity contribution in [3.05, 3.63) is 12.2 Å². The average Bonchev–Trinajstić information content (AvgIpc) is 2.74. The maximum absolute atomic E-state index is 9.37. The van der Waals surface area contributed by atoms with Crippen LogP contribution >= 0.6 is 0 Å². The van der Waals surface area contributed by atoms with Crippen LogP contribution in [0.1, 0.15) is 39.5 Å². The van der Waals surface area contributed by atoms with Crippen molar-refractivity contribution in [1.82, 2.24) is 0 Å². The minimum Gasteiger partial charge on any atom is -0.198 e. The molecule has 1 heteroatoms. The molecule has 0 saturated heterocycles. The SMILES string of the molecule is CC(C)CC[C@]1(C#N)C[C@H]2C=C[C@H]1C2. The third-order valence-electron chi connectivity index (χ3n) is 3.90. The molecule has 76 valence electrons. The second-order valence-corrected chi connectivity index (χ2v) is 5.39. The summed E-state index contributed by atoms with van der Waals surface area (Å²) in [6, 6.07) is 2.61. The fraction of sp³-hybridized carbons (Fsp3) is 0.769. The molecule has 0 aromatic rings. The van der Waals surface area contributed by atoms with Crippen molar-refractivity contribution in [2.24, 2.45) is 23.2 Å². The van der Waals surface area contributed by atoms with Crippen LogP contribution in [0.3, 0.4) is 0 Å². The molecule has 2 aliphatic rings. The molecule has 1 fully saturated rings. The fourth-order valence-electron chi connectivity index (χ4n) is 2.97. The van der Waals surface area contributed by atoms with Crippen LogP contribution in [0, 0.1) is 34.5 Å². The summed E-state index contributed by atoms with van der Waals surface area (Å²) in [6.07, 6.45) is 9.27. The zero-order chi connectivity index (χ0) is 10.2. The minimum atomic E-state index is 0.00366. The summed E-state index contributed by atoms with van der Waals surface area (Å²) in [5.74, 6) is 2.01. The molecule has 0 aromatic carbocycles. The maximum Gasteiger partial charge on any atom is 0.0696 e. The Morgan fingerprint density at radius 2 is 2.29 bits per heavy atom. The highest BCUT2D eigenvalue weighted by atomic mass is 14.5. The Labute approximate surface area is 86.8 Å². The zero-order valence-corrected chi connectivity index (χ0v) is 9.16. The molecule has 3 atom stereocenters. The molecule has 0 radical (unpaired) electrons. The van der Waals surface area contributed by atoms with Gasteiger partial charge in [0.05, 0.1) is 11.5 Å². The lowest BCUT2D eigenvalue weighted by molar-refractivity contribution is 0.277. The van der Waals surface area contributed by atoms with Gasteiger partial charge < -0.3 is 0 Å². The van der Waals surface area contributed by atoms with Crippen LogP contribution in [-0.4, -0.2) is 0 Å². The second-order valence-electron chi connectivity index (χ2n) is 5.39. The van der Waals surface area contributed by atoms with Crippen molar-refractivity contribution in [2.45, 2.75) is 39.5 Å². The Hall–Kier alpha value is -0.770. The highest BCUT2D eigenvalue weighted by Crippen LogP contribution is 2.54. The van der Waals surface area contributed by atoms with Gasteiger partial charge >= 0.3 is 0 Å². The molecule has 0 heterocycles. The molecular weight excluding hydrogens is 170 g/mol. The molecule has 0 amide bonds. The Kier molecular flexibility index (Phi) is 2.39. The third kappa shape index (κ3) is 1.47. The smallest absolute Gasteiger partial charge is 0.0696 e. The van der Waals surface area contributed by atoms with Gasteiger partial charge in [0.1, 0.15) is 0 Å². The van der Waals surface area contributed by atoms with Crippen molar-refractivity contribution in [3.8, 4) is 6.07 Å². The average molecular weight is 189 g/mol. The van der Waals surface area contributed by atoms with Gasteiger partial charge in [-0.2, -0.15) is 5.26 Å². The van der Waals surface area contributed by atoms with Crippen molar-refractivity contribution in [2.75, 3.05) is 0 Å². The minimum absolute atomic E-state index is 0.00366. The summed E-state index contributed by atoms with van der Waals surface area (Å²) in [5.41, 5.74) is 0.00366. The van der Waals surface area contributed by atoms with Gasteiger partial charge in [-0.1, -0.05) is 26.0 Å². The maximum atomic E-state index is 9.37. The van der Waals surface area contributed by atoms with Gasteiger partial charge in [0.2, 0.25) is 0 Å². The van der Waals surface area contributed by atoms with E-state index >= 15 is 0 Å². The van der Waals surface area contributed by atoms with Gasteiger partial charge in [-0.25, -0.2) is 0 Å². The van der Waals surface area contributed by atoms with Gasteiger partial charge in [0, 0.05) is 0 Å². The number of fused-ring (bicyclic) bond motifs is 2. The standard InChI is InChI=1S/C13H19N/c1-10(2)5-6-13(9-14)8-11-3-4-12(13)7-11/h3-4,10-12H,5-8H2,1-2H3/t11-,12-,13+/m0/s1. The molecule has 0 aromatic heterocycles. The Balaban J connectivity index is 2.05. The van der Waals surface area contributed by atoms with E-state index in [2.05, 4.69) is 32.1 Å². The van der Waals surface area contributed by atoms with Gasteiger partial charge in [-0.15, -0.1) is 0 Å². The first-order valence-electron chi connectivity index (χ1n) is 5.76. The monoisotopic (exact) mass is 189 g/mol. The summed E-state index contributed by atoms with van der Waals surface area (Å²) < 4.78 is 0. The summed E-state index contributed by atoms with van der Waals surface area (Å²) in [7, 11) is 0. The lowest BCUT2D eigenvalue weighted by Crippen LogP contribution is -2.24. The highest BCUT2D eigenvalue weighted by Gasteiger charge is 2.48. The van der Waals surface area contributed by atoms with Gasteiger partial charge in [0.25, 0.3) is 0 Å². The topological polar surface area (TPSA) is 23.8 Å². The summed E-state index contributed by atoms with van der Waals surface area (Å²) in [5, 5.41) is 9.37. The highest BCUT2D eigenvalue weighted by molar-refractivity contribution is 5.21. The number of hydrogen-bond donors (Lipinski definition) is 0. The van der Waals surface area contributed by atoms with Crippen molar-refractivity contribution >= 4 is 0 Å². The van der Waals surface area contributed by atoms with Gasteiger partial charge in [-0.05, 0) is 43.4 Å². The molecule has 0 unspecified atom stereocenters. The lowest BCUT2D eigenvalue weighted by Gasteiger charge is -2.28. The van der Waals surface area contributed by atoms with Crippen LogP contribution in [0.25, 0.3) is 0 Å². The molecule has 2 rings (SSSR count). The molecule has 2 bridgehead atoms. The van der Waals surface area contributed by atoms with E-state index in [0.717, 1.165) is 18.8 Å². The first-order chi connectivity index (χ1) is 6.66. The molecule has 2 aliphatic carbocycles. The summed E-state index contributed by atoms with van der Waals surface area (Å²) >= 11 is 0. The molecule has 1 nitrogen and oxygen atoms in total. The van der Waals surface area contributed by atoms with Crippen molar-refractivity contribution in [3.63, 3.8) is 0 Å². The van der Waals surface area contributed by atoms with Crippen LogP contribution in [0.2, 0.25) is 0 Å². The normalized spacial score (nSPS) is 39.3. The number of hydrogen-bond acceptors (Lipinski definition) is 1. The van der Waals surface area contributed by atoms with Crippen molar-refractivity contribution < 1.29 is 0 Å². The first kappa shape index (κ1) is 9.77. The number of nitrogens with zero attached hydrogens (tertiary/aromatic N) is 1. The zero-order valence-electron chi connectivity index (χ0n) is 9.16. The fourth-order valence-corrected chi connectivity index (χ4v) is 2.97. The van der Waals surface area contributed by atoms with Crippen LogP contribution < -0.4 is 0 Å². The lowest BCUT2D eigenvalue weighted by atomic mass is 9.73. The largest absolute Gasteiger partial charge is 0.198 e. The van der Waals surface area contributed by atoms with E-state index in [1.54, 1.807) is 0 Å². The number of nitriles is 1. The third-order valence-corrected chi connectivity index (χ3v) is 3.90. The quantitative estimate of drug-likeness (QED) is 0.623. The van der Waals surface area contributed by atoms with Crippen LogP contribution in [0.15, 0.2) is 12.2 Å². The van der Waals surface area contributed by atoms with E-state index in [1.165, 1.54) is 12.8 Å². The van der Waals surface area contributed by atoms with E-state index in [0.29, 0.717) is 11.8 Å². The summed E-state index contributed by atoms with van der Waals surface area (Å²) in [6.45, 7) is 4.49. The van der Waals surface area contributed by atoms with Gasteiger partial charge in [0.15, 0.2) is 0 Å². The number of allylic oxidation sites excluding steroid dienone is 2. The Morgan fingerprint density at radius 3 is 2.71 bits per heavy atom. The predicted molar refractivity (Wildman–Crippen MR) is 57.5 cm³/mol. The van der Waals surface area contributed by atoms with Crippen LogP contribution in [0.5, 0.6) is 0 Å². The first-order valence-corrected chi connectivity index (χ1v) is 5.76. The van der Waals surface area contributed by atoms with E-state index in [1.807, 2.05) is 0 Å². The van der Waals surface area contributed by atoms with E-state index < -0.39 is 0 Å². The number of rotatable bonds is 3. The second kappa shape index (κ2) is 3.42. The molecule has 0 aliphatic heterocycles. The van der Waals surface area contributed by atoms with Crippen LogP contribution in [0.4, 0.5) is 0 Å². The van der Waals surface area contributed by atoms with Gasteiger partial charge in [-0.3, -0.25) is 0 Å². The Morgan fingerprint density at radius 1 is 1.50 bits per heavy atom. The van der Waals surface area contributed by atoms with E-state index in [-0.39, 0.29) is 5.41 Å². The van der Waals surface area contributed by atoms with Crippen molar-refractivity contribution in [1.29, 1.82) is 5.26 Å². The van der Waals surface area contributed by atoms with E-state index in [4.69, 9.17) is 0 Å². The molecular formula is C13H19N.